The van der Waals surface area contributed by atoms with Crippen molar-refractivity contribution in [3.8, 4) is 5.75 Å². The van der Waals surface area contributed by atoms with E-state index in [2.05, 4.69) is 12.2 Å². The summed E-state index contributed by atoms with van der Waals surface area (Å²) in [6.45, 7) is 4.61. The van der Waals surface area contributed by atoms with Crippen molar-refractivity contribution in [1.29, 1.82) is 0 Å². The van der Waals surface area contributed by atoms with Crippen LogP contribution in [-0.2, 0) is 0 Å². The first-order valence-electron chi connectivity index (χ1n) is 7.40. The molecule has 2 aromatic rings. The average Bonchev–Trinajstić information content (AvgIpc) is 2.52. The van der Waals surface area contributed by atoms with Gasteiger partial charge in [-0.1, -0.05) is 19.4 Å². The number of nitrogens with one attached hydrogen (secondary N) is 1. The zero-order valence-electron chi connectivity index (χ0n) is 12.9. The molecular weight excluding hydrogens is 281 g/mol. The molecule has 0 radical (unpaired) electrons. The number of benzene rings is 2. The molecule has 3 nitrogen and oxygen atoms in total. The molecule has 1 amide bonds. The van der Waals surface area contributed by atoms with Crippen LogP contribution in [0.25, 0.3) is 0 Å². The van der Waals surface area contributed by atoms with Crippen molar-refractivity contribution in [1.82, 2.24) is 0 Å². The van der Waals surface area contributed by atoms with Crippen molar-refractivity contribution in [3.05, 3.63) is 59.4 Å². The number of ether oxygens (including phenoxy) is 1. The standard InChI is InChI=1S/C18H20FNO2/c1-3-4-11-22-15-8-6-14(7-9-15)18(21)20-17-12-13(2)5-10-16(17)19/h5-10,12H,3-4,11H2,1-2H3,(H,20,21). The summed E-state index contributed by atoms with van der Waals surface area (Å²) in [5.74, 6) is -0.0604. The van der Waals surface area contributed by atoms with Crippen molar-refractivity contribution in [3.63, 3.8) is 0 Å². The van der Waals surface area contributed by atoms with Crippen molar-refractivity contribution >= 4 is 11.6 Å². The zero-order chi connectivity index (χ0) is 15.9. The Morgan fingerprint density at radius 3 is 2.59 bits per heavy atom. The summed E-state index contributed by atoms with van der Waals surface area (Å²) in [5.41, 5.74) is 1.54. The van der Waals surface area contributed by atoms with Crippen LogP contribution in [0.3, 0.4) is 0 Å². The van der Waals surface area contributed by atoms with Gasteiger partial charge < -0.3 is 10.1 Å². The fourth-order valence-corrected chi connectivity index (χ4v) is 1.97. The van der Waals surface area contributed by atoms with Gasteiger partial charge in [0, 0.05) is 5.56 Å². The molecule has 0 unspecified atom stereocenters. The van der Waals surface area contributed by atoms with E-state index in [-0.39, 0.29) is 11.6 Å². The van der Waals surface area contributed by atoms with Crippen molar-refractivity contribution < 1.29 is 13.9 Å². The number of anilines is 1. The van der Waals surface area contributed by atoms with E-state index < -0.39 is 5.82 Å². The molecule has 0 atom stereocenters. The Bertz CT molecular complexity index is 638. The lowest BCUT2D eigenvalue weighted by molar-refractivity contribution is 0.102. The summed E-state index contributed by atoms with van der Waals surface area (Å²) in [6, 6.07) is 11.4. The zero-order valence-corrected chi connectivity index (χ0v) is 12.9. The summed E-state index contributed by atoms with van der Waals surface area (Å²) in [7, 11) is 0. The van der Waals surface area contributed by atoms with Gasteiger partial charge in [0.1, 0.15) is 11.6 Å². The number of unbranched alkanes of at least 4 members (excludes halogenated alkanes) is 1. The van der Waals surface area contributed by atoms with Crippen LogP contribution >= 0.6 is 0 Å². The van der Waals surface area contributed by atoms with Crippen LogP contribution in [0.2, 0.25) is 0 Å². The van der Waals surface area contributed by atoms with Crippen LogP contribution in [0, 0.1) is 12.7 Å². The molecule has 0 fully saturated rings. The van der Waals surface area contributed by atoms with Crippen LogP contribution < -0.4 is 10.1 Å². The van der Waals surface area contributed by atoms with Crippen LogP contribution in [0.1, 0.15) is 35.7 Å². The topological polar surface area (TPSA) is 38.3 Å². The van der Waals surface area contributed by atoms with Crippen molar-refractivity contribution in [2.45, 2.75) is 26.7 Å². The Morgan fingerprint density at radius 2 is 1.91 bits per heavy atom. The third-order valence-corrected chi connectivity index (χ3v) is 3.25. The maximum Gasteiger partial charge on any atom is 0.255 e. The number of carbonyl (C=O) groups excluding carboxylic acids is 1. The molecular formula is C18H20FNO2. The molecule has 0 spiro atoms. The monoisotopic (exact) mass is 301 g/mol. The molecule has 0 aromatic heterocycles. The van der Waals surface area contributed by atoms with E-state index in [4.69, 9.17) is 4.74 Å². The van der Waals surface area contributed by atoms with Crippen LogP contribution in [0.15, 0.2) is 42.5 Å². The molecule has 116 valence electrons. The highest BCUT2D eigenvalue weighted by molar-refractivity contribution is 6.04. The van der Waals surface area contributed by atoms with Gasteiger partial charge in [0.2, 0.25) is 0 Å². The van der Waals surface area contributed by atoms with E-state index in [0.717, 1.165) is 24.2 Å². The molecule has 0 aliphatic carbocycles. The lowest BCUT2D eigenvalue weighted by Crippen LogP contribution is -2.13. The van der Waals surface area contributed by atoms with Gasteiger partial charge >= 0.3 is 0 Å². The highest BCUT2D eigenvalue weighted by atomic mass is 19.1. The number of hydrogen-bond donors (Lipinski definition) is 1. The minimum atomic E-state index is -0.446. The van der Waals surface area contributed by atoms with Crippen LogP contribution in [-0.4, -0.2) is 12.5 Å². The number of aryl methyl sites for hydroxylation is 1. The Balaban J connectivity index is 2.02. The Hall–Kier alpha value is -2.36. The third-order valence-electron chi connectivity index (χ3n) is 3.25. The molecule has 1 N–H and O–H groups in total. The number of carbonyl (C=O) groups is 1. The molecule has 0 aliphatic rings. The highest BCUT2D eigenvalue weighted by Crippen LogP contribution is 2.18. The van der Waals surface area contributed by atoms with E-state index in [1.165, 1.54) is 6.07 Å². The van der Waals surface area contributed by atoms with Gasteiger partial charge in [0.25, 0.3) is 5.91 Å². The molecule has 4 heteroatoms. The third kappa shape index (κ3) is 4.32. The summed E-state index contributed by atoms with van der Waals surface area (Å²) in [6.07, 6.45) is 2.07. The molecule has 2 rings (SSSR count). The normalized spacial score (nSPS) is 10.3. The van der Waals surface area contributed by atoms with E-state index in [1.54, 1.807) is 36.4 Å². The maximum atomic E-state index is 13.6. The second-order valence-electron chi connectivity index (χ2n) is 5.16. The number of halogens is 1. The highest BCUT2D eigenvalue weighted by Gasteiger charge is 2.09. The Kier molecular flexibility index (Phi) is 5.53. The summed E-state index contributed by atoms with van der Waals surface area (Å²) < 4.78 is 19.2. The van der Waals surface area contributed by atoms with Crippen molar-refractivity contribution in [2.24, 2.45) is 0 Å². The fraction of sp³-hybridized carbons (Fsp3) is 0.278. The maximum absolute atomic E-state index is 13.6. The van der Waals surface area contributed by atoms with Gasteiger partial charge in [-0.15, -0.1) is 0 Å². The lowest BCUT2D eigenvalue weighted by Gasteiger charge is -2.09. The van der Waals surface area contributed by atoms with Gasteiger partial charge in [-0.2, -0.15) is 0 Å². The summed E-state index contributed by atoms with van der Waals surface area (Å²) in [4.78, 5) is 12.1. The quantitative estimate of drug-likeness (QED) is 0.794. The number of hydrogen-bond acceptors (Lipinski definition) is 2. The van der Waals surface area contributed by atoms with E-state index in [1.807, 2.05) is 6.92 Å². The molecule has 0 aliphatic heterocycles. The Labute approximate surface area is 130 Å². The van der Waals surface area contributed by atoms with Crippen LogP contribution in [0.5, 0.6) is 5.75 Å². The molecule has 0 bridgehead atoms. The number of rotatable bonds is 6. The molecule has 0 heterocycles. The lowest BCUT2D eigenvalue weighted by atomic mass is 10.1. The van der Waals surface area contributed by atoms with Gasteiger partial charge in [0.15, 0.2) is 0 Å². The molecule has 22 heavy (non-hydrogen) atoms. The van der Waals surface area contributed by atoms with Crippen molar-refractivity contribution in [2.75, 3.05) is 11.9 Å². The number of amides is 1. The van der Waals surface area contributed by atoms with Gasteiger partial charge in [0.05, 0.1) is 12.3 Å². The molecule has 2 aromatic carbocycles. The van der Waals surface area contributed by atoms with Crippen LogP contribution in [0.4, 0.5) is 10.1 Å². The van der Waals surface area contributed by atoms with Gasteiger partial charge in [-0.3, -0.25) is 4.79 Å². The first kappa shape index (κ1) is 16.0. The summed E-state index contributed by atoms with van der Waals surface area (Å²) in [5, 5.41) is 2.58. The van der Waals surface area contributed by atoms with Gasteiger partial charge in [-0.05, 0) is 55.3 Å². The first-order chi connectivity index (χ1) is 10.6. The average molecular weight is 301 g/mol. The first-order valence-corrected chi connectivity index (χ1v) is 7.40. The molecule has 0 saturated carbocycles. The predicted octanol–water partition coefficient (Wildman–Crippen LogP) is 4.57. The SMILES string of the molecule is CCCCOc1ccc(C(=O)Nc2cc(C)ccc2F)cc1. The van der Waals surface area contributed by atoms with E-state index in [9.17, 15) is 9.18 Å². The second kappa shape index (κ2) is 7.59. The van der Waals surface area contributed by atoms with Gasteiger partial charge in [-0.25, -0.2) is 4.39 Å². The minimum Gasteiger partial charge on any atom is -0.494 e. The molecule has 0 saturated heterocycles. The predicted molar refractivity (Wildman–Crippen MR) is 85.9 cm³/mol. The van der Waals surface area contributed by atoms with E-state index in [0.29, 0.717) is 12.2 Å². The largest absolute Gasteiger partial charge is 0.494 e. The smallest absolute Gasteiger partial charge is 0.255 e. The second-order valence-corrected chi connectivity index (χ2v) is 5.16. The summed E-state index contributed by atoms with van der Waals surface area (Å²) >= 11 is 0. The van der Waals surface area contributed by atoms with E-state index >= 15 is 0 Å². The minimum absolute atomic E-state index is 0.188. The fourth-order valence-electron chi connectivity index (χ4n) is 1.97. The Morgan fingerprint density at radius 1 is 1.18 bits per heavy atom.